The standard InChI is InChI=1S/C11H11NS/c1-2-6-11(13-9-12)10-7-4-3-5-8-10/h2-5,7-8,11H,1,6H2. The van der Waals surface area contributed by atoms with Crippen LogP contribution in [0.3, 0.4) is 0 Å². The van der Waals surface area contributed by atoms with Crippen LogP contribution in [-0.4, -0.2) is 0 Å². The summed E-state index contributed by atoms with van der Waals surface area (Å²) in [5, 5.41) is 10.9. The lowest BCUT2D eigenvalue weighted by molar-refractivity contribution is 0.977. The molecule has 66 valence electrons. The maximum absolute atomic E-state index is 8.60. The lowest BCUT2D eigenvalue weighted by Crippen LogP contribution is -1.90. The van der Waals surface area contributed by atoms with E-state index in [1.165, 1.54) is 17.3 Å². The first kappa shape index (κ1) is 9.88. The highest BCUT2D eigenvalue weighted by atomic mass is 32.2. The maximum atomic E-state index is 8.60. The molecule has 1 atom stereocenters. The van der Waals surface area contributed by atoms with Gasteiger partial charge in [0.05, 0.1) is 0 Å². The second-order valence-electron chi connectivity index (χ2n) is 2.63. The van der Waals surface area contributed by atoms with E-state index < -0.39 is 0 Å². The van der Waals surface area contributed by atoms with Gasteiger partial charge in [0.1, 0.15) is 5.40 Å². The third kappa shape index (κ3) is 2.96. The average Bonchev–Trinajstić information content (AvgIpc) is 2.19. The van der Waals surface area contributed by atoms with Gasteiger partial charge < -0.3 is 0 Å². The van der Waals surface area contributed by atoms with Crippen molar-refractivity contribution in [2.24, 2.45) is 0 Å². The fraction of sp³-hybridized carbons (Fsp3) is 0.182. The van der Waals surface area contributed by atoms with E-state index in [4.69, 9.17) is 5.26 Å². The van der Waals surface area contributed by atoms with Crippen LogP contribution >= 0.6 is 11.8 Å². The Morgan fingerprint density at radius 1 is 1.46 bits per heavy atom. The lowest BCUT2D eigenvalue weighted by Gasteiger charge is -2.09. The molecule has 0 N–H and O–H groups in total. The van der Waals surface area contributed by atoms with Crippen molar-refractivity contribution in [3.05, 3.63) is 48.6 Å². The van der Waals surface area contributed by atoms with E-state index in [9.17, 15) is 0 Å². The summed E-state index contributed by atoms with van der Waals surface area (Å²) < 4.78 is 0. The summed E-state index contributed by atoms with van der Waals surface area (Å²) in [6.07, 6.45) is 2.68. The van der Waals surface area contributed by atoms with Crippen LogP contribution in [-0.2, 0) is 0 Å². The van der Waals surface area contributed by atoms with Gasteiger partial charge in [-0.25, -0.2) is 0 Å². The average molecular weight is 189 g/mol. The van der Waals surface area contributed by atoms with Crippen molar-refractivity contribution in [2.45, 2.75) is 11.7 Å². The molecule has 1 aromatic rings. The van der Waals surface area contributed by atoms with Crippen LogP contribution in [0.4, 0.5) is 0 Å². The van der Waals surface area contributed by atoms with Gasteiger partial charge in [-0.15, -0.1) is 6.58 Å². The normalized spacial score (nSPS) is 11.6. The van der Waals surface area contributed by atoms with E-state index in [1.54, 1.807) is 0 Å². The summed E-state index contributed by atoms with van der Waals surface area (Å²) in [6, 6.07) is 10.0. The zero-order valence-corrected chi connectivity index (χ0v) is 8.13. The van der Waals surface area contributed by atoms with E-state index in [0.717, 1.165) is 6.42 Å². The predicted octanol–water partition coefficient (Wildman–Crippen LogP) is 3.52. The Hall–Kier alpha value is -1.20. The Morgan fingerprint density at radius 2 is 2.15 bits per heavy atom. The largest absolute Gasteiger partial charge is 0.185 e. The van der Waals surface area contributed by atoms with Crippen LogP contribution in [0, 0.1) is 10.7 Å². The molecule has 0 aromatic heterocycles. The number of nitrogens with zero attached hydrogens (tertiary/aromatic N) is 1. The molecule has 1 aromatic carbocycles. The van der Waals surface area contributed by atoms with Gasteiger partial charge in [0.15, 0.2) is 0 Å². The molecule has 0 heterocycles. The molecule has 1 rings (SSSR count). The molecule has 1 unspecified atom stereocenters. The Kier molecular flexibility index (Phi) is 4.14. The van der Waals surface area contributed by atoms with Gasteiger partial charge in [-0.3, -0.25) is 0 Å². The lowest BCUT2D eigenvalue weighted by atomic mass is 10.1. The molecule has 0 fully saturated rings. The number of hydrogen-bond acceptors (Lipinski definition) is 2. The number of thioether (sulfide) groups is 1. The Labute approximate surface area is 83.1 Å². The van der Waals surface area contributed by atoms with Gasteiger partial charge >= 0.3 is 0 Å². The van der Waals surface area contributed by atoms with E-state index >= 15 is 0 Å². The molecule has 0 aliphatic carbocycles. The van der Waals surface area contributed by atoms with E-state index in [0.29, 0.717) is 0 Å². The van der Waals surface area contributed by atoms with Crippen molar-refractivity contribution in [2.75, 3.05) is 0 Å². The molecule has 1 nitrogen and oxygen atoms in total. The number of nitriles is 1. The van der Waals surface area contributed by atoms with Crippen LogP contribution in [0.15, 0.2) is 43.0 Å². The monoisotopic (exact) mass is 189 g/mol. The van der Waals surface area contributed by atoms with E-state index in [1.807, 2.05) is 36.4 Å². The second-order valence-corrected chi connectivity index (χ2v) is 3.62. The highest BCUT2D eigenvalue weighted by Gasteiger charge is 2.08. The van der Waals surface area contributed by atoms with Crippen molar-refractivity contribution in [3.63, 3.8) is 0 Å². The minimum absolute atomic E-state index is 0.226. The van der Waals surface area contributed by atoms with Crippen LogP contribution in [0.5, 0.6) is 0 Å². The summed E-state index contributed by atoms with van der Waals surface area (Å²) in [6.45, 7) is 3.69. The van der Waals surface area contributed by atoms with Crippen LogP contribution in [0.25, 0.3) is 0 Å². The number of hydrogen-bond donors (Lipinski definition) is 0. The summed E-state index contributed by atoms with van der Waals surface area (Å²) >= 11 is 1.29. The number of allylic oxidation sites excluding steroid dienone is 1. The van der Waals surface area contributed by atoms with Crippen LogP contribution < -0.4 is 0 Å². The Balaban J connectivity index is 2.76. The SMILES string of the molecule is C=CCC(SC#N)c1ccccc1. The first-order chi connectivity index (χ1) is 6.38. The molecule has 2 heteroatoms. The van der Waals surface area contributed by atoms with Gasteiger partial charge in [-0.1, -0.05) is 36.4 Å². The zero-order chi connectivity index (χ0) is 9.52. The minimum Gasteiger partial charge on any atom is -0.185 e. The molecule has 0 amide bonds. The number of benzene rings is 1. The van der Waals surface area contributed by atoms with Crippen molar-refractivity contribution in [1.82, 2.24) is 0 Å². The highest BCUT2D eigenvalue weighted by molar-refractivity contribution is 8.03. The minimum atomic E-state index is 0.226. The van der Waals surface area contributed by atoms with Crippen molar-refractivity contribution >= 4 is 11.8 Å². The molecular formula is C11H11NS. The Morgan fingerprint density at radius 3 is 2.69 bits per heavy atom. The van der Waals surface area contributed by atoms with Gasteiger partial charge in [0.2, 0.25) is 0 Å². The van der Waals surface area contributed by atoms with Gasteiger partial charge in [-0.05, 0) is 23.7 Å². The fourth-order valence-electron chi connectivity index (χ4n) is 1.13. The molecule has 0 bridgehead atoms. The molecule has 0 aliphatic rings. The quantitative estimate of drug-likeness (QED) is 0.534. The summed E-state index contributed by atoms with van der Waals surface area (Å²) in [7, 11) is 0. The van der Waals surface area contributed by atoms with Gasteiger partial charge in [0, 0.05) is 5.25 Å². The topological polar surface area (TPSA) is 23.8 Å². The van der Waals surface area contributed by atoms with Crippen LogP contribution in [0.2, 0.25) is 0 Å². The summed E-state index contributed by atoms with van der Waals surface area (Å²) in [5.74, 6) is 0. The first-order valence-corrected chi connectivity index (χ1v) is 4.97. The van der Waals surface area contributed by atoms with Crippen LogP contribution in [0.1, 0.15) is 17.2 Å². The van der Waals surface area contributed by atoms with E-state index in [2.05, 4.69) is 12.0 Å². The summed E-state index contributed by atoms with van der Waals surface area (Å²) in [5.41, 5.74) is 1.19. The predicted molar refractivity (Wildman–Crippen MR) is 57.2 cm³/mol. The summed E-state index contributed by atoms with van der Waals surface area (Å²) in [4.78, 5) is 0. The fourth-order valence-corrected chi connectivity index (χ4v) is 1.79. The van der Waals surface area contributed by atoms with Crippen molar-refractivity contribution in [1.29, 1.82) is 5.26 Å². The highest BCUT2D eigenvalue weighted by Crippen LogP contribution is 2.31. The van der Waals surface area contributed by atoms with Crippen molar-refractivity contribution < 1.29 is 0 Å². The molecular weight excluding hydrogens is 178 g/mol. The zero-order valence-electron chi connectivity index (χ0n) is 7.31. The molecule has 0 aliphatic heterocycles. The molecule has 0 spiro atoms. The third-order valence-electron chi connectivity index (χ3n) is 1.75. The third-order valence-corrected chi connectivity index (χ3v) is 2.60. The van der Waals surface area contributed by atoms with Gasteiger partial charge in [-0.2, -0.15) is 5.26 Å². The molecule has 0 radical (unpaired) electrons. The smallest absolute Gasteiger partial charge is 0.133 e. The molecule has 0 saturated heterocycles. The van der Waals surface area contributed by atoms with E-state index in [-0.39, 0.29) is 5.25 Å². The maximum Gasteiger partial charge on any atom is 0.133 e. The Bertz CT molecular complexity index is 300. The first-order valence-electron chi connectivity index (χ1n) is 4.09. The number of rotatable bonds is 4. The molecule has 13 heavy (non-hydrogen) atoms. The number of thiocyanates is 1. The van der Waals surface area contributed by atoms with Crippen molar-refractivity contribution in [3.8, 4) is 5.40 Å². The molecule has 0 saturated carbocycles. The van der Waals surface area contributed by atoms with Gasteiger partial charge in [0.25, 0.3) is 0 Å². The second kappa shape index (κ2) is 5.45.